The van der Waals surface area contributed by atoms with Gasteiger partial charge in [-0.3, -0.25) is 0 Å². The molecule has 0 fully saturated rings. The summed E-state index contributed by atoms with van der Waals surface area (Å²) in [5.74, 6) is 1.63. The Kier molecular flexibility index (Phi) is 6.24. The first-order valence-corrected chi connectivity index (χ1v) is 22.5. The number of fused-ring (bicyclic) bond motifs is 24. The Bertz CT molecular complexity index is 2940. The van der Waals surface area contributed by atoms with Crippen molar-refractivity contribution in [2.45, 2.75) is 11.1 Å². The number of rotatable bonds is 0. The number of para-hydroxylation sites is 4. The van der Waals surface area contributed by atoms with Crippen LogP contribution in [0.5, 0.6) is 11.5 Å². The summed E-state index contributed by atoms with van der Waals surface area (Å²) in [6.07, 6.45) is 0. The molecule has 8 aromatic carbocycles. The van der Waals surface area contributed by atoms with Gasteiger partial charge in [0.2, 0.25) is 0 Å². The fourth-order valence-electron chi connectivity index (χ4n) is 11.1. The predicted molar refractivity (Wildman–Crippen MR) is 234 cm³/mol. The van der Waals surface area contributed by atoms with E-state index >= 15 is 0 Å². The van der Waals surface area contributed by atoms with Crippen molar-refractivity contribution in [1.29, 1.82) is 0 Å². The molecule has 282 valence electrons. The Morgan fingerprint density at radius 1 is 0.373 bits per heavy atom. The first kappa shape index (κ1) is 32.2. The van der Waals surface area contributed by atoms with Crippen LogP contribution in [0.1, 0.15) is 33.4 Å². The third-order valence-corrected chi connectivity index (χ3v) is 16.5. The van der Waals surface area contributed by atoms with Crippen molar-refractivity contribution < 1.29 is 22.4 Å². The summed E-state index contributed by atoms with van der Waals surface area (Å²) in [4.78, 5) is 10.8. The number of benzene rings is 8. The van der Waals surface area contributed by atoms with Crippen molar-refractivity contribution in [3.8, 4) is 33.8 Å². The van der Waals surface area contributed by atoms with Gasteiger partial charge in [0.1, 0.15) is 0 Å². The van der Waals surface area contributed by atoms with E-state index in [1.807, 2.05) is 0 Å². The third kappa shape index (κ3) is 3.86. The number of anilines is 4. The zero-order chi connectivity index (χ0) is 38.5. The van der Waals surface area contributed by atoms with Gasteiger partial charge in [0, 0.05) is 0 Å². The average molecular weight is 938 g/mol. The van der Waals surface area contributed by atoms with E-state index < -0.39 is 28.7 Å². The second-order valence-electron chi connectivity index (χ2n) is 16.0. The summed E-state index contributed by atoms with van der Waals surface area (Å²) in [5.41, 5.74) is 16.2. The SMILES string of the molecule is c1cc2cc(c1)C1(c3ccccc3-c3ccccc31)N1[C]3=[Pt]=[C]4N(CN3c3ccccc31)c1ccccc1N4C1(c3cccc(c3)O2)c2ccccc2-c2ccccc21. The second kappa shape index (κ2) is 11.4. The Morgan fingerprint density at radius 2 is 0.729 bits per heavy atom. The zero-order valence-corrected chi connectivity index (χ0v) is 34.0. The first-order valence-electron chi connectivity index (χ1n) is 20.2. The van der Waals surface area contributed by atoms with E-state index in [9.17, 15) is 0 Å². The van der Waals surface area contributed by atoms with E-state index in [0.29, 0.717) is 6.67 Å². The van der Waals surface area contributed by atoms with E-state index in [0.717, 1.165) is 11.5 Å². The van der Waals surface area contributed by atoms with Crippen LogP contribution >= 0.6 is 0 Å². The molecule has 2 spiro atoms. The van der Waals surface area contributed by atoms with E-state index in [1.54, 1.807) is 0 Å². The first-order chi connectivity index (χ1) is 29.3. The van der Waals surface area contributed by atoms with Gasteiger partial charge in [-0.05, 0) is 0 Å². The van der Waals surface area contributed by atoms with Gasteiger partial charge in [0.25, 0.3) is 0 Å². The summed E-state index contributed by atoms with van der Waals surface area (Å²) in [5, 5.41) is 0. The Balaban J connectivity index is 1.20. The minimum absolute atomic E-state index is 0.679. The summed E-state index contributed by atoms with van der Waals surface area (Å²) < 4.78 is 9.83. The molecule has 4 aliphatic heterocycles. The maximum absolute atomic E-state index is 7.09. The molecular formula is C53H34N4OPt. The molecule has 0 N–H and O–H groups in total. The molecule has 0 aromatic heterocycles. The molecule has 0 amide bonds. The number of ether oxygens (including phenoxy) is 1. The standard InChI is InChI=1S/C53H34N4O.Pt/c1-5-23-44-40(19-1)41-20-2-6-24-45(41)52(44)36-15-13-17-38(31-36)58-39-18-14-16-37(32-39)53(46-25-7-3-21-42(46)43-22-4-8-26-47(43)53)57-35-55(49-28-10-12-30-51(49)57)33-54-34-56(52)50-29-11-9-27-48(50)54;/h1-32H,33H2;. The molecular weight excluding hydrogens is 904 g/mol. The number of hydrogen-bond acceptors (Lipinski definition) is 5. The van der Waals surface area contributed by atoms with Gasteiger partial charge < -0.3 is 0 Å². The van der Waals surface area contributed by atoms with Crippen LogP contribution in [0.3, 0.4) is 0 Å². The molecule has 0 saturated carbocycles. The van der Waals surface area contributed by atoms with Gasteiger partial charge >= 0.3 is 352 Å². The minimum atomic E-state index is -0.900. The third-order valence-electron chi connectivity index (χ3n) is 13.3. The van der Waals surface area contributed by atoms with Crippen molar-refractivity contribution >= 4 is 31.0 Å². The molecule has 8 aromatic rings. The van der Waals surface area contributed by atoms with Crippen LogP contribution in [0.15, 0.2) is 194 Å². The molecule has 6 heteroatoms. The maximum atomic E-state index is 7.09. The van der Waals surface area contributed by atoms with Crippen LogP contribution < -0.4 is 24.3 Å². The van der Waals surface area contributed by atoms with Gasteiger partial charge in [0.15, 0.2) is 0 Å². The van der Waals surface area contributed by atoms with Crippen molar-refractivity contribution in [3.05, 3.63) is 228 Å². The van der Waals surface area contributed by atoms with Gasteiger partial charge in [-0.2, -0.15) is 0 Å². The van der Waals surface area contributed by atoms with Crippen molar-refractivity contribution in [2.24, 2.45) is 0 Å². The van der Waals surface area contributed by atoms with Crippen LogP contribution in [-0.4, -0.2) is 15.0 Å². The average Bonchev–Trinajstić information content (AvgIpc) is 3.98. The number of hydrogen-bond donors (Lipinski definition) is 0. The molecule has 14 rings (SSSR count). The van der Waals surface area contributed by atoms with Crippen LogP contribution in [0.25, 0.3) is 22.3 Å². The summed E-state index contributed by atoms with van der Waals surface area (Å²) in [6.45, 7) is 0.702. The van der Waals surface area contributed by atoms with Gasteiger partial charge in [0.05, 0.1) is 0 Å². The van der Waals surface area contributed by atoms with E-state index in [2.05, 4.69) is 214 Å². The van der Waals surface area contributed by atoms with Crippen molar-refractivity contribution in [3.63, 3.8) is 0 Å². The zero-order valence-electron chi connectivity index (χ0n) is 31.7. The molecule has 5 nitrogen and oxygen atoms in total. The Hall–Kier alpha value is -6.81. The normalized spacial score (nSPS) is 17.4. The van der Waals surface area contributed by atoms with Crippen LogP contribution in [0.4, 0.5) is 22.7 Å². The van der Waals surface area contributed by atoms with E-state index in [4.69, 9.17) is 4.74 Å². The van der Waals surface area contributed by atoms with Crippen molar-refractivity contribution in [1.82, 2.24) is 0 Å². The monoisotopic (exact) mass is 937 g/mol. The fraction of sp³-hybridized carbons (Fsp3) is 0.0566. The molecule has 59 heavy (non-hydrogen) atoms. The quantitative estimate of drug-likeness (QED) is 0.151. The molecule has 4 heterocycles. The molecule has 6 aliphatic rings. The van der Waals surface area contributed by atoms with Crippen LogP contribution in [-0.2, 0) is 28.7 Å². The molecule has 0 unspecified atom stereocenters. The summed E-state index contributed by atoms with van der Waals surface area (Å²) in [7, 11) is 0. The molecule has 2 aliphatic carbocycles. The molecule has 0 saturated heterocycles. The number of nitrogens with zero attached hydrogens (tertiary/aromatic N) is 4. The van der Waals surface area contributed by atoms with E-state index in [-0.39, 0.29) is 0 Å². The Labute approximate surface area is 350 Å². The second-order valence-corrected chi connectivity index (χ2v) is 18.6. The Morgan fingerprint density at radius 3 is 1.14 bits per heavy atom. The fourth-order valence-corrected chi connectivity index (χ4v) is 14.9. The van der Waals surface area contributed by atoms with Gasteiger partial charge in [-0.25, -0.2) is 0 Å². The van der Waals surface area contributed by atoms with Gasteiger partial charge in [-0.1, -0.05) is 0 Å². The van der Waals surface area contributed by atoms with Crippen LogP contribution in [0, 0.1) is 0 Å². The van der Waals surface area contributed by atoms with E-state index in [1.165, 1.54) is 86.7 Å². The molecule has 0 radical (unpaired) electrons. The molecule has 6 bridgehead atoms. The van der Waals surface area contributed by atoms with Gasteiger partial charge in [-0.15, -0.1) is 0 Å². The molecule has 0 atom stereocenters. The topological polar surface area (TPSA) is 22.2 Å². The predicted octanol–water partition coefficient (Wildman–Crippen LogP) is 10.9. The summed E-state index contributed by atoms with van der Waals surface area (Å²) in [6, 6.07) is 72.3. The van der Waals surface area contributed by atoms with Crippen LogP contribution in [0.2, 0.25) is 0 Å². The van der Waals surface area contributed by atoms with Crippen molar-refractivity contribution in [2.75, 3.05) is 26.3 Å². The summed E-state index contributed by atoms with van der Waals surface area (Å²) >= 11 is -0.900.